The van der Waals surface area contributed by atoms with Crippen LogP contribution < -0.4 is 87.9 Å². The summed E-state index contributed by atoms with van der Waals surface area (Å²) in [6.07, 6.45) is 4.05. The number of carbonyl (C=O) groups excluding carboxylic acids is 6. The zero-order valence-corrected chi connectivity index (χ0v) is 62.4. The number of benzene rings is 5. The lowest BCUT2D eigenvalue weighted by atomic mass is 10.1. The highest BCUT2D eigenvalue weighted by atomic mass is 19.1. The lowest BCUT2D eigenvalue weighted by Crippen LogP contribution is -2.43. The van der Waals surface area contributed by atoms with E-state index in [9.17, 15) is 41.9 Å². The number of rotatable bonds is 4. The van der Waals surface area contributed by atoms with Gasteiger partial charge in [0.25, 0.3) is 5.89 Å². The average Bonchev–Trinajstić information content (AvgIpc) is 1.59. The van der Waals surface area contributed by atoms with Crippen LogP contribution >= 0.6 is 0 Å². The average molecular weight is 1540 g/mol. The van der Waals surface area contributed by atoms with Crippen LogP contribution in [0.1, 0.15) is 40.8 Å². The number of nitrogens with zero attached hydrogens (tertiary/aromatic N) is 13. The lowest BCUT2D eigenvalue weighted by molar-refractivity contribution is -0.120. The molecular formula is C75H81F3N20O14. The molecule has 0 unspecified atom stereocenters. The molecular weight excluding hydrogens is 1460 g/mol. The van der Waals surface area contributed by atoms with Crippen molar-refractivity contribution >= 4 is 69.6 Å². The summed E-state index contributed by atoms with van der Waals surface area (Å²) in [5, 5.41) is 17.7. The van der Waals surface area contributed by atoms with E-state index >= 15 is 0 Å². The second-order valence-corrected chi connectivity index (χ2v) is 26.3. The fourth-order valence-corrected chi connectivity index (χ4v) is 11.8. The first-order chi connectivity index (χ1) is 53.3. The number of aryl methyl sites for hydroxylation is 5. The predicted molar refractivity (Wildman–Crippen MR) is 402 cm³/mol. The highest BCUT2D eigenvalue weighted by Gasteiger charge is 2.34. The van der Waals surface area contributed by atoms with Crippen molar-refractivity contribution in [2.24, 2.45) is 34.4 Å². The molecule has 5 aromatic carbocycles. The van der Waals surface area contributed by atoms with E-state index in [0.717, 1.165) is 51.5 Å². The molecule has 0 saturated carbocycles. The maximum Gasteiger partial charge on any atom is 0.257 e. The number of aromatic nitrogens is 8. The third-order valence-corrected chi connectivity index (χ3v) is 18.2. The van der Waals surface area contributed by atoms with Gasteiger partial charge in [-0.3, -0.25) is 38.7 Å². The lowest BCUT2D eigenvalue weighted by Gasteiger charge is -2.18. The van der Waals surface area contributed by atoms with E-state index in [4.69, 9.17) is 71.5 Å². The SMILES string of the molecule is CN1C(=O)[C@@H](N)CCc2ncc(F)cc21.CN1C(=O)[C@@H](N)COc2ccc(-c3ccccn3)cc21.Cc1c(F)cc2c(c1F)NC(=O)[C@@H](N)CO2.Cc1nc(-c2ccc3c(c2)N(C)C(=O)[C@@H](N)CO3)no1.Cc1nnc(-c2cc3c(cc2C)OC[C@H](N)C(=O)N3C)o1.Cc1noc(-c2ccc3c(c2)N(C)C(=O)[C@@H](N)CO3)n1. The van der Waals surface area contributed by atoms with Crippen LogP contribution in [0.25, 0.3) is 45.6 Å². The van der Waals surface area contributed by atoms with Crippen molar-refractivity contribution in [3.8, 4) is 74.3 Å². The molecule has 112 heavy (non-hydrogen) atoms. The normalized spacial score (nSPS) is 18.9. The van der Waals surface area contributed by atoms with Gasteiger partial charge >= 0.3 is 0 Å². The van der Waals surface area contributed by atoms with Gasteiger partial charge in [-0.15, -0.1) is 10.2 Å². The monoisotopic (exact) mass is 1540 g/mol. The minimum Gasteiger partial charge on any atom is -0.489 e. The Morgan fingerprint density at radius 1 is 0.473 bits per heavy atom. The van der Waals surface area contributed by atoms with Crippen LogP contribution in [0, 0.1) is 52.1 Å². The molecule has 13 N–H and O–H groups in total. The number of carbonyl (C=O) groups is 6. The van der Waals surface area contributed by atoms with Crippen molar-refractivity contribution in [1.29, 1.82) is 0 Å². The smallest absolute Gasteiger partial charge is 0.257 e. The quantitative estimate of drug-likeness (QED) is 0.117. The standard InChI is InChI=1S/C15H15N3O2.C14H16N4O3.2C13H14N4O3.C10H10F2N2O2.C10H12FN3O/c1-18-13-8-10(12-4-2-3-7-17-12)5-6-14(13)20-9-11(16)15(18)19;1-7-4-12-11(18(3)14(19)10(15)6-20-12)5-9(7)13-17-16-8(2)21-13;1-7-15-12(16-20-7)8-3-4-11-10(5-8)17(2)13(18)9(14)6-19-11;1-7-15-12(20-16-7)8-3-4-11-10(5-8)17(2)13(18)9(14)6-19-11;1-4-5(11)2-7-9(8(4)12)14-10(15)6(13)3-16-7;1-14-9-4-6(11)5-13-8(9)3-2-7(12)10(14)15/h2-8,11H,9,16H2,1H3;4-5,10H,6,15H2,1-3H3;2*3-5,9H,6,14H2,1-2H3;2,6H,3,13H2,1H3,(H,14,15);4-5,7H,2-3,12H2,1H3/t11-;10-;2*9-;6-;7-/m000000/s1. The van der Waals surface area contributed by atoms with Crippen molar-refractivity contribution in [1.82, 2.24) is 40.4 Å². The maximum absolute atomic E-state index is 13.6. The van der Waals surface area contributed by atoms with Crippen LogP contribution in [-0.4, -0.2) is 180 Å². The molecule has 16 rings (SSSR count). The summed E-state index contributed by atoms with van der Waals surface area (Å²) in [7, 11) is 8.30. The highest BCUT2D eigenvalue weighted by molar-refractivity contribution is 6.03. The highest BCUT2D eigenvalue weighted by Crippen LogP contribution is 2.40. The van der Waals surface area contributed by atoms with Gasteiger partial charge in [-0.2, -0.15) is 9.97 Å². The van der Waals surface area contributed by atoms with Gasteiger partial charge in [0.15, 0.2) is 11.6 Å². The molecule has 0 bridgehead atoms. The minimum absolute atomic E-state index is 0.0399. The Labute approximate surface area is 638 Å². The summed E-state index contributed by atoms with van der Waals surface area (Å²) in [5.41, 5.74) is 42.7. The molecule has 0 fully saturated rings. The molecule has 6 atom stereocenters. The summed E-state index contributed by atoms with van der Waals surface area (Å²) in [4.78, 5) is 95.3. The largest absolute Gasteiger partial charge is 0.489 e. The molecule has 0 aliphatic carbocycles. The first kappa shape index (κ1) is 80.2. The molecule has 37 heteroatoms. The zero-order chi connectivity index (χ0) is 80.7. The van der Waals surface area contributed by atoms with Crippen molar-refractivity contribution < 1.29 is 79.1 Å². The molecule has 0 spiro atoms. The van der Waals surface area contributed by atoms with E-state index in [1.807, 2.05) is 61.5 Å². The molecule has 10 aromatic rings. The Bertz CT molecular complexity index is 5070. The van der Waals surface area contributed by atoms with Gasteiger partial charge in [0.1, 0.15) is 109 Å². The summed E-state index contributed by atoms with van der Waals surface area (Å²) < 4.78 is 82.8. The molecule has 34 nitrogen and oxygen atoms in total. The van der Waals surface area contributed by atoms with Gasteiger partial charge in [-0.25, -0.2) is 13.2 Å². The first-order valence-electron chi connectivity index (χ1n) is 34.7. The molecule has 5 aromatic heterocycles. The molecule has 586 valence electrons. The van der Waals surface area contributed by atoms with E-state index in [2.05, 4.69) is 45.8 Å². The number of halogens is 3. The van der Waals surface area contributed by atoms with Gasteiger partial charge in [0.05, 0.1) is 52.1 Å². The summed E-state index contributed by atoms with van der Waals surface area (Å²) in [6, 6.07) is 24.1. The molecule has 0 saturated heterocycles. The fourth-order valence-electron chi connectivity index (χ4n) is 11.8. The second kappa shape index (κ2) is 34.4. The molecule has 11 heterocycles. The minimum atomic E-state index is -0.893. The van der Waals surface area contributed by atoms with Crippen LogP contribution in [0.3, 0.4) is 0 Å². The molecule has 6 aliphatic rings. The van der Waals surface area contributed by atoms with E-state index in [-0.39, 0.29) is 79.6 Å². The van der Waals surface area contributed by atoms with Crippen molar-refractivity contribution in [2.45, 2.75) is 83.7 Å². The van der Waals surface area contributed by atoms with E-state index in [0.29, 0.717) is 99.5 Å². The number of pyridine rings is 2. The number of likely N-dealkylation sites (N-methyl/N-ethyl adjacent to an activating group) is 5. The Balaban J connectivity index is 0.000000133. The molecule has 0 radical (unpaired) electrons. The van der Waals surface area contributed by atoms with E-state index in [1.165, 1.54) is 32.6 Å². The van der Waals surface area contributed by atoms with Crippen LogP contribution in [0.15, 0.2) is 123 Å². The Morgan fingerprint density at radius 2 is 0.982 bits per heavy atom. The van der Waals surface area contributed by atoms with Crippen LogP contribution in [0.4, 0.5) is 47.3 Å². The Kier molecular flexibility index (Phi) is 24.6. The third kappa shape index (κ3) is 17.9. The Hall–Kier alpha value is -12.8. The van der Waals surface area contributed by atoms with Gasteiger partial charge in [0, 0.05) is 95.2 Å². The fraction of sp³-hybridized carbons (Fsp3) is 0.307. The number of amides is 6. The molecule has 6 aliphatic heterocycles. The summed E-state index contributed by atoms with van der Waals surface area (Å²) in [5.74, 6) is 1.81. The molecule has 6 amide bonds. The topological polar surface area (TPSA) is 475 Å². The number of nitrogens with two attached hydrogens (primary N) is 6. The van der Waals surface area contributed by atoms with Crippen LogP contribution in [-0.2, 0) is 35.2 Å². The summed E-state index contributed by atoms with van der Waals surface area (Å²) >= 11 is 0. The number of hydrogen-bond donors (Lipinski definition) is 7. The van der Waals surface area contributed by atoms with Gasteiger partial charge in [0.2, 0.25) is 58.9 Å². The van der Waals surface area contributed by atoms with E-state index in [1.54, 1.807) is 97.4 Å². The second-order valence-electron chi connectivity index (χ2n) is 26.3. The Morgan fingerprint density at radius 3 is 1.51 bits per heavy atom. The first-order valence-corrected chi connectivity index (χ1v) is 34.7. The van der Waals surface area contributed by atoms with Gasteiger partial charge in [-0.05, 0) is 118 Å². The van der Waals surface area contributed by atoms with Crippen LogP contribution in [0.2, 0.25) is 0 Å². The predicted octanol–water partition coefficient (Wildman–Crippen LogP) is 5.31. The van der Waals surface area contributed by atoms with Crippen molar-refractivity contribution in [3.63, 3.8) is 0 Å². The van der Waals surface area contributed by atoms with Gasteiger partial charge in [-0.1, -0.05) is 16.4 Å². The summed E-state index contributed by atoms with van der Waals surface area (Å²) in [6.45, 7) is 8.96. The number of fused-ring (bicyclic) bond motifs is 6. The van der Waals surface area contributed by atoms with Gasteiger partial charge < -0.3 is 101 Å². The number of hydrogen-bond acceptors (Lipinski definition) is 28. The van der Waals surface area contributed by atoms with Crippen molar-refractivity contribution in [2.75, 3.05) is 98.1 Å². The van der Waals surface area contributed by atoms with Crippen molar-refractivity contribution in [3.05, 3.63) is 161 Å². The number of nitrogens with one attached hydrogen (secondary N) is 1. The number of anilines is 6. The van der Waals surface area contributed by atoms with E-state index < -0.39 is 59.6 Å². The zero-order valence-electron chi connectivity index (χ0n) is 62.4. The number of ether oxygens (including phenoxy) is 5. The maximum atomic E-state index is 13.6. The van der Waals surface area contributed by atoms with Crippen LogP contribution in [0.5, 0.6) is 28.7 Å². The third-order valence-electron chi connectivity index (χ3n) is 18.2.